The number of anilines is 1. The second-order valence-corrected chi connectivity index (χ2v) is 9.65. The Morgan fingerprint density at radius 1 is 1.27 bits per heavy atom. The molecule has 1 N–H and O–H groups in total. The van der Waals surface area contributed by atoms with Crippen molar-refractivity contribution in [3.63, 3.8) is 0 Å². The molecule has 1 aromatic heterocycles. The van der Waals surface area contributed by atoms with Crippen molar-refractivity contribution in [3.05, 3.63) is 52.1 Å². The lowest BCUT2D eigenvalue weighted by Crippen LogP contribution is -2.30. The van der Waals surface area contributed by atoms with Gasteiger partial charge in [0.1, 0.15) is 4.21 Å². The quantitative estimate of drug-likeness (QED) is 0.571. The first kappa shape index (κ1) is 18.8. The Morgan fingerprint density at radius 3 is 2.50 bits per heavy atom. The Labute approximate surface area is 156 Å². The highest BCUT2D eigenvalue weighted by molar-refractivity contribution is 7.92. The van der Waals surface area contributed by atoms with Crippen LogP contribution in [0.3, 0.4) is 0 Å². The van der Waals surface area contributed by atoms with Gasteiger partial charge in [-0.1, -0.05) is 41.7 Å². The number of nitro groups is 1. The van der Waals surface area contributed by atoms with E-state index in [1.807, 2.05) is 18.2 Å². The number of thiophene rings is 1. The highest BCUT2D eigenvalue weighted by atomic mass is 32.2. The molecule has 0 aliphatic carbocycles. The predicted molar refractivity (Wildman–Crippen MR) is 103 cm³/mol. The maximum Gasteiger partial charge on any atom is 0.304 e. The standard InChI is InChI=1S/C17H21N3O4S2/c1-26(23,24)16-11-14(20(21)22)17(25-16)18-12-15(19-9-5-6-10-19)13-7-3-2-4-8-13/h2-4,7-8,11,15,18H,5-6,9-10,12H2,1H3. The van der Waals surface area contributed by atoms with Crippen molar-refractivity contribution >= 4 is 31.9 Å². The molecule has 1 aromatic carbocycles. The molecule has 1 aliphatic heterocycles. The fraction of sp³-hybridized carbons (Fsp3) is 0.412. The molecule has 0 radical (unpaired) electrons. The van der Waals surface area contributed by atoms with Crippen molar-refractivity contribution in [1.82, 2.24) is 4.90 Å². The zero-order chi connectivity index (χ0) is 18.7. The SMILES string of the molecule is CS(=O)(=O)c1cc([N+](=O)[O-])c(NCC(c2ccccc2)N2CCCC2)s1. The van der Waals surface area contributed by atoms with Crippen LogP contribution in [-0.4, -0.2) is 44.1 Å². The van der Waals surface area contributed by atoms with E-state index in [2.05, 4.69) is 22.3 Å². The molecule has 0 saturated carbocycles. The van der Waals surface area contributed by atoms with E-state index >= 15 is 0 Å². The van der Waals surface area contributed by atoms with Gasteiger partial charge in [-0.2, -0.15) is 0 Å². The molecule has 26 heavy (non-hydrogen) atoms. The topological polar surface area (TPSA) is 92.5 Å². The Kier molecular flexibility index (Phi) is 5.59. The minimum absolute atomic E-state index is 0.00383. The van der Waals surface area contributed by atoms with E-state index in [0.717, 1.165) is 55.2 Å². The molecule has 0 spiro atoms. The Hall–Kier alpha value is -1.97. The van der Waals surface area contributed by atoms with Crippen LogP contribution in [-0.2, 0) is 9.84 Å². The van der Waals surface area contributed by atoms with Gasteiger partial charge in [-0.3, -0.25) is 15.0 Å². The summed E-state index contributed by atoms with van der Waals surface area (Å²) >= 11 is 0.915. The van der Waals surface area contributed by atoms with E-state index in [-0.39, 0.29) is 20.9 Å². The molecular weight excluding hydrogens is 374 g/mol. The third-order valence-corrected chi connectivity index (χ3v) is 7.36. The molecule has 1 aliphatic rings. The van der Waals surface area contributed by atoms with Gasteiger partial charge < -0.3 is 5.32 Å². The first-order valence-electron chi connectivity index (χ1n) is 8.37. The number of benzene rings is 1. The molecule has 2 heterocycles. The molecule has 1 fully saturated rings. The first-order chi connectivity index (χ1) is 12.4. The van der Waals surface area contributed by atoms with Gasteiger partial charge in [0.05, 0.1) is 11.0 Å². The molecule has 9 heteroatoms. The Bertz CT molecular complexity index is 875. The van der Waals surface area contributed by atoms with Crippen molar-refractivity contribution in [3.8, 4) is 0 Å². The lowest BCUT2D eigenvalue weighted by molar-refractivity contribution is -0.383. The van der Waals surface area contributed by atoms with Crippen LogP contribution in [0.1, 0.15) is 24.4 Å². The van der Waals surface area contributed by atoms with Crippen LogP contribution < -0.4 is 5.32 Å². The summed E-state index contributed by atoms with van der Waals surface area (Å²) in [6.07, 6.45) is 3.34. The van der Waals surface area contributed by atoms with Gasteiger partial charge >= 0.3 is 5.69 Å². The molecule has 7 nitrogen and oxygen atoms in total. The van der Waals surface area contributed by atoms with Crippen LogP contribution in [0.2, 0.25) is 0 Å². The molecule has 3 rings (SSSR count). The van der Waals surface area contributed by atoms with Crippen molar-refractivity contribution in [2.45, 2.75) is 23.1 Å². The van der Waals surface area contributed by atoms with Gasteiger partial charge in [-0.25, -0.2) is 8.42 Å². The minimum Gasteiger partial charge on any atom is -0.369 e. The number of rotatable bonds is 7. The third kappa shape index (κ3) is 4.22. The molecular formula is C17H21N3O4S2. The number of likely N-dealkylation sites (tertiary alicyclic amines) is 1. The lowest BCUT2D eigenvalue weighted by Gasteiger charge is -2.28. The molecule has 0 bridgehead atoms. The Morgan fingerprint density at radius 2 is 1.92 bits per heavy atom. The minimum atomic E-state index is -3.48. The van der Waals surface area contributed by atoms with E-state index in [1.54, 1.807) is 0 Å². The summed E-state index contributed by atoms with van der Waals surface area (Å²) < 4.78 is 23.5. The smallest absolute Gasteiger partial charge is 0.304 e. The van der Waals surface area contributed by atoms with Crippen LogP contribution in [0, 0.1) is 10.1 Å². The van der Waals surface area contributed by atoms with E-state index in [9.17, 15) is 18.5 Å². The number of hydrogen-bond acceptors (Lipinski definition) is 7. The highest BCUT2D eigenvalue weighted by Crippen LogP contribution is 2.38. The van der Waals surface area contributed by atoms with Gasteiger partial charge in [0.2, 0.25) is 0 Å². The summed E-state index contributed by atoms with van der Waals surface area (Å²) in [5.41, 5.74) is 0.952. The largest absolute Gasteiger partial charge is 0.369 e. The van der Waals surface area contributed by atoms with Crippen LogP contribution in [0.15, 0.2) is 40.6 Å². The zero-order valence-corrected chi connectivity index (χ0v) is 16.1. The molecule has 140 valence electrons. The van der Waals surface area contributed by atoms with Crippen LogP contribution in [0.5, 0.6) is 0 Å². The van der Waals surface area contributed by atoms with E-state index < -0.39 is 14.8 Å². The summed E-state index contributed by atoms with van der Waals surface area (Å²) in [4.78, 5) is 13.1. The summed E-state index contributed by atoms with van der Waals surface area (Å²) in [5.74, 6) is 0. The predicted octanol–water partition coefficient (Wildman–Crippen LogP) is 3.31. The molecule has 1 atom stereocenters. The second-order valence-electron chi connectivity index (χ2n) is 6.36. The van der Waals surface area contributed by atoms with Crippen molar-refractivity contribution < 1.29 is 13.3 Å². The van der Waals surface area contributed by atoms with E-state index in [1.165, 1.54) is 0 Å². The fourth-order valence-electron chi connectivity index (χ4n) is 3.18. The van der Waals surface area contributed by atoms with E-state index in [0.29, 0.717) is 6.54 Å². The van der Waals surface area contributed by atoms with Crippen molar-refractivity contribution in [1.29, 1.82) is 0 Å². The summed E-state index contributed by atoms with van der Waals surface area (Å²) in [7, 11) is -3.48. The summed E-state index contributed by atoms with van der Waals surface area (Å²) in [5, 5.41) is 14.7. The molecule has 1 saturated heterocycles. The number of nitrogens with one attached hydrogen (secondary N) is 1. The molecule has 2 aromatic rings. The van der Waals surface area contributed by atoms with Crippen LogP contribution in [0.25, 0.3) is 0 Å². The Balaban J connectivity index is 1.85. The second kappa shape index (κ2) is 7.73. The average Bonchev–Trinajstić information content (AvgIpc) is 3.25. The maximum atomic E-state index is 11.7. The fourth-order valence-corrected chi connectivity index (χ4v) is 5.13. The van der Waals surface area contributed by atoms with Gasteiger partial charge in [-0.05, 0) is 31.5 Å². The van der Waals surface area contributed by atoms with Gasteiger partial charge in [0.15, 0.2) is 14.8 Å². The molecule has 0 amide bonds. The van der Waals surface area contributed by atoms with Gasteiger partial charge in [-0.15, -0.1) is 0 Å². The third-order valence-electron chi connectivity index (χ3n) is 4.47. The van der Waals surface area contributed by atoms with Crippen LogP contribution in [0.4, 0.5) is 10.7 Å². The number of hydrogen-bond donors (Lipinski definition) is 1. The van der Waals surface area contributed by atoms with Crippen molar-refractivity contribution in [2.24, 2.45) is 0 Å². The number of sulfone groups is 1. The summed E-state index contributed by atoms with van der Waals surface area (Å²) in [6.45, 7) is 2.46. The summed E-state index contributed by atoms with van der Waals surface area (Å²) in [6, 6.07) is 11.2. The average molecular weight is 396 g/mol. The maximum absolute atomic E-state index is 11.7. The van der Waals surface area contributed by atoms with Gasteiger partial charge in [0, 0.05) is 18.9 Å². The van der Waals surface area contributed by atoms with Gasteiger partial charge in [0.25, 0.3) is 0 Å². The zero-order valence-electron chi connectivity index (χ0n) is 14.4. The van der Waals surface area contributed by atoms with E-state index in [4.69, 9.17) is 0 Å². The highest BCUT2D eigenvalue weighted by Gasteiger charge is 2.27. The lowest BCUT2D eigenvalue weighted by atomic mass is 10.1. The van der Waals surface area contributed by atoms with Crippen molar-refractivity contribution in [2.75, 3.05) is 31.2 Å². The molecule has 1 unspecified atom stereocenters. The van der Waals surface area contributed by atoms with Crippen LogP contribution >= 0.6 is 11.3 Å². The normalized spacial score (nSPS) is 16.5. The number of nitrogens with zero attached hydrogens (tertiary/aromatic N) is 2. The first-order valence-corrected chi connectivity index (χ1v) is 11.1. The monoisotopic (exact) mass is 395 g/mol.